The molecule has 2 aromatic rings. The minimum Gasteiger partial charge on any atom is -0.489 e. The second-order valence-electron chi connectivity index (χ2n) is 6.21. The Labute approximate surface area is 145 Å². The molecule has 2 nitrogen and oxygen atoms in total. The zero-order valence-electron chi connectivity index (χ0n) is 13.7. The van der Waals surface area contributed by atoms with Gasteiger partial charge in [-0.05, 0) is 55.5 Å². The summed E-state index contributed by atoms with van der Waals surface area (Å²) in [6, 6.07) is 19.6. The average Bonchev–Trinajstić information content (AvgIpc) is 3.02. The van der Waals surface area contributed by atoms with Crippen molar-refractivity contribution < 1.29 is 4.74 Å². The van der Waals surface area contributed by atoms with Crippen LogP contribution in [0.15, 0.2) is 54.6 Å². The number of benzene rings is 2. The predicted octanol–water partition coefficient (Wildman–Crippen LogP) is 4.62. The number of hydrogen-bond acceptors (Lipinski definition) is 2. The van der Waals surface area contributed by atoms with Gasteiger partial charge in [-0.3, -0.25) is 0 Å². The molecule has 1 aliphatic carbocycles. The zero-order valence-corrected chi connectivity index (χ0v) is 14.5. The smallest absolute Gasteiger partial charge is 0.119 e. The quantitative estimate of drug-likeness (QED) is 0.834. The van der Waals surface area contributed by atoms with Gasteiger partial charge in [0, 0.05) is 6.04 Å². The first kappa shape index (κ1) is 17.8. The molecular weight excluding hydrogens is 306 g/mol. The van der Waals surface area contributed by atoms with Crippen LogP contribution in [0.3, 0.4) is 0 Å². The minimum atomic E-state index is 0. The van der Waals surface area contributed by atoms with Gasteiger partial charge in [-0.25, -0.2) is 0 Å². The zero-order chi connectivity index (χ0) is 15.2. The Bertz CT molecular complexity index is 570. The molecule has 0 saturated heterocycles. The van der Waals surface area contributed by atoms with Crippen LogP contribution < -0.4 is 10.1 Å². The van der Waals surface area contributed by atoms with Crippen LogP contribution in [-0.2, 0) is 13.0 Å². The molecule has 0 unspecified atom stereocenters. The molecule has 3 rings (SSSR count). The number of ether oxygens (including phenoxy) is 1. The number of nitrogens with one attached hydrogen (secondary N) is 1. The molecule has 3 heteroatoms. The van der Waals surface area contributed by atoms with Gasteiger partial charge in [0.15, 0.2) is 0 Å². The number of hydrogen-bond donors (Lipinski definition) is 1. The topological polar surface area (TPSA) is 21.3 Å². The van der Waals surface area contributed by atoms with E-state index in [1.807, 2.05) is 18.2 Å². The van der Waals surface area contributed by atoms with Crippen molar-refractivity contribution in [3.8, 4) is 5.75 Å². The van der Waals surface area contributed by atoms with Crippen LogP contribution in [0.4, 0.5) is 0 Å². The standard InChI is InChI=1S/C20H25NO.ClH/c1-21-20-9-5-8-18(20)14-16-10-12-19(13-11-16)22-15-17-6-3-2-4-7-17;/h2-4,6-7,10-13,18,20-21H,5,8-9,14-15H2,1H3;1H/t18-,20-;/m0./s1. The lowest BCUT2D eigenvalue weighted by Crippen LogP contribution is -2.29. The summed E-state index contributed by atoms with van der Waals surface area (Å²) in [6.45, 7) is 0.630. The van der Waals surface area contributed by atoms with Gasteiger partial charge in [-0.1, -0.05) is 48.9 Å². The molecular formula is C20H26ClNO. The summed E-state index contributed by atoms with van der Waals surface area (Å²) in [5.41, 5.74) is 2.62. The van der Waals surface area contributed by atoms with E-state index in [4.69, 9.17) is 4.74 Å². The molecule has 0 aromatic heterocycles. The van der Waals surface area contributed by atoms with Crippen molar-refractivity contribution >= 4 is 12.4 Å². The first-order valence-electron chi connectivity index (χ1n) is 8.28. The first-order chi connectivity index (χ1) is 10.8. The van der Waals surface area contributed by atoms with Crippen LogP contribution >= 0.6 is 12.4 Å². The summed E-state index contributed by atoms with van der Waals surface area (Å²) in [6.07, 6.45) is 5.19. The lowest BCUT2D eigenvalue weighted by atomic mass is 9.95. The maximum atomic E-state index is 5.85. The Morgan fingerprint density at radius 2 is 1.70 bits per heavy atom. The fraction of sp³-hybridized carbons (Fsp3) is 0.400. The van der Waals surface area contributed by atoms with Crippen LogP contribution in [0.5, 0.6) is 5.75 Å². The van der Waals surface area contributed by atoms with E-state index in [1.165, 1.54) is 36.8 Å². The van der Waals surface area contributed by atoms with E-state index in [2.05, 4.69) is 48.8 Å². The largest absolute Gasteiger partial charge is 0.489 e. The van der Waals surface area contributed by atoms with Crippen molar-refractivity contribution in [1.82, 2.24) is 5.32 Å². The van der Waals surface area contributed by atoms with E-state index in [0.717, 1.165) is 11.7 Å². The molecule has 2 aromatic carbocycles. The lowest BCUT2D eigenvalue weighted by molar-refractivity contribution is 0.306. The summed E-state index contributed by atoms with van der Waals surface area (Å²) < 4.78 is 5.85. The van der Waals surface area contributed by atoms with Gasteiger partial charge < -0.3 is 10.1 Å². The van der Waals surface area contributed by atoms with Gasteiger partial charge >= 0.3 is 0 Å². The third-order valence-electron chi connectivity index (χ3n) is 4.70. The van der Waals surface area contributed by atoms with Gasteiger partial charge in [0.2, 0.25) is 0 Å². The number of halogens is 1. The van der Waals surface area contributed by atoms with Crippen LogP contribution in [-0.4, -0.2) is 13.1 Å². The molecule has 0 heterocycles. The molecule has 1 N–H and O–H groups in total. The summed E-state index contributed by atoms with van der Waals surface area (Å²) in [7, 11) is 2.09. The van der Waals surface area contributed by atoms with Crippen molar-refractivity contribution in [3.63, 3.8) is 0 Å². The molecule has 0 radical (unpaired) electrons. The Kier molecular flexibility index (Phi) is 6.94. The van der Waals surface area contributed by atoms with Crippen molar-refractivity contribution in [2.24, 2.45) is 5.92 Å². The second-order valence-corrected chi connectivity index (χ2v) is 6.21. The molecule has 0 aliphatic heterocycles. The average molecular weight is 332 g/mol. The molecule has 1 fully saturated rings. The maximum absolute atomic E-state index is 5.85. The Morgan fingerprint density at radius 3 is 2.39 bits per heavy atom. The Balaban J connectivity index is 0.00000192. The maximum Gasteiger partial charge on any atom is 0.119 e. The lowest BCUT2D eigenvalue weighted by Gasteiger charge is -2.19. The monoisotopic (exact) mass is 331 g/mol. The highest BCUT2D eigenvalue weighted by molar-refractivity contribution is 5.85. The molecule has 1 saturated carbocycles. The van der Waals surface area contributed by atoms with Gasteiger partial charge in [0.25, 0.3) is 0 Å². The second kappa shape index (κ2) is 8.95. The molecule has 23 heavy (non-hydrogen) atoms. The molecule has 0 bridgehead atoms. The molecule has 0 amide bonds. The summed E-state index contributed by atoms with van der Waals surface area (Å²) in [5, 5.41) is 3.46. The van der Waals surface area contributed by atoms with E-state index in [0.29, 0.717) is 12.6 Å². The van der Waals surface area contributed by atoms with E-state index in [9.17, 15) is 0 Å². The van der Waals surface area contributed by atoms with E-state index in [-0.39, 0.29) is 12.4 Å². The summed E-state index contributed by atoms with van der Waals surface area (Å²) in [5.74, 6) is 1.73. The van der Waals surface area contributed by atoms with Crippen molar-refractivity contribution in [2.75, 3.05) is 7.05 Å². The van der Waals surface area contributed by atoms with Gasteiger partial charge in [0.1, 0.15) is 12.4 Å². The molecule has 1 aliphatic rings. The third kappa shape index (κ3) is 4.98. The SMILES string of the molecule is CN[C@H]1CCC[C@H]1Cc1ccc(OCc2ccccc2)cc1.Cl. The van der Waals surface area contributed by atoms with Crippen LogP contribution in [0.2, 0.25) is 0 Å². The molecule has 0 spiro atoms. The van der Waals surface area contributed by atoms with Crippen LogP contribution in [0, 0.1) is 5.92 Å². The van der Waals surface area contributed by atoms with Crippen LogP contribution in [0.1, 0.15) is 30.4 Å². The van der Waals surface area contributed by atoms with E-state index in [1.54, 1.807) is 0 Å². The minimum absolute atomic E-state index is 0. The predicted molar refractivity (Wildman–Crippen MR) is 98.4 cm³/mol. The van der Waals surface area contributed by atoms with E-state index >= 15 is 0 Å². The van der Waals surface area contributed by atoms with Crippen molar-refractivity contribution in [2.45, 2.75) is 38.3 Å². The highest BCUT2D eigenvalue weighted by atomic mass is 35.5. The number of rotatable bonds is 6. The van der Waals surface area contributed by atoms with E-state index < -0.39 is 0 Å². The van der Waals surface area contributed by atoms with Crippen molar-refractivity contribution in [3.05, 3.63) is 65.7 Å². The highest BCUT2D eigenvalue weighted by Gasteiger charge is 2.25. The van der Waals surface area contributed by atoms with Crippen LogP contribution in [0.25, 0.3) is 0 Å². The fourth-order valence-corrected chi connectivity index (χ4v) is 3.43. The molecule has 124 valence electrons. The third-order valence-corrected chi connectivity index (χ3v) is 4.70. The van der Waals surface area contributed by atoms with Crippen molar-refractivity contribution in [1.29, 1.82) is 0 Å². The molecule has 2 atom stereocenters. The Morgan fingerprint density at radius 1 is 0.957 bits per heavy atom. The van der Waals surface area contributed by atoms with Gasteiger partial charge in [-0.2, -0.15) is 0 Å². The summed E-state index contributed by atoms with van der Waals surface area (Å²) >= 11 is 0. The first-order valence-corrected chi connectivity index (χ1v) is 8.28. The Hall–Kier alpha value is -1.51. The normalized spacial score (nSPS) is 20.0. The fourth-order valence-electron chi connectivity index (χ4n) is 3.43. The highest BCUT2D eigenvalue weighted by Crippen LogP contribution is 2.29. The van der Waals surface area contributed by atoms with Gasteiger partial charge in [-0.15, -0.1) is 12.4 Å². The van der Waals surface area contributed by atoms with Gasteiger partial charge in [0.05, 0.1) is 0 Å². The summed E-state index contributed by atoms with van der Waals surface area (Å²) in [4.78, 5) is 0.